The van der Waals surface area contributed by atoms with Crippen molar-refractivity contribution >= 4 is 38.0 Å². The number of hydrogen-bond acceptors (Lipinski definition) is 6. The molecular weight excluding hydrogens is 298 g/mol. The minimum absolute atomic E-state index is 0.0712. The Bertz CT molecular complexity index is 838. The van der Waals surface area contributed by atoms with Gasteiger partial charge in [0, 0.05) is 24.8 Å². The zero-order chi connectivity index (χ0) is 14.2. The maximum Gasteiger partial charge on any atom is 0.282 e. The molecule has 0 aliphatic carbocycles. The number of imidazole rings is 1. The van der Waals surface area contributed by atoms with E-state index in [0.717, 1.165) is 0 Å². The van der Waals surface area contributed by atoms with Crippen molar-refractivity contribution in [2.24, 2.45) is 0 Å². The lowest BCUT2D eigenvalue weighted by molar-refractivity contribution is 0.597. The van der Waals surface area contributed by atoms with E-state index in [1.807, 2.05) is 0 Å². The highest BCUT2D eigenvalue weighted by Crippen LogP contribution is 2.26. The van der Waals surface area contributed by atoms with Gasteiger partial charge < -0.3 is 5.32 Å². The summed E-state index contributed by atoms with van der Waals surface area (Å²) in [5, 5.41) is 4.65. The SMILES string of the molecule is CNc1nc2sccn2c1S(=O)(=O)Nc1ccccn1. The molecule has 0 aliphatic rings. The first-order chi connectivity index (χ1) is 9.62. The van der Waals surface area contributed by atoms with Gasteiger partial charge in [-0.05, 0) is 12.1 Å². The molecule has 0 saturated carbocycles. The molecule has 3 aromatic rings. The van der Waals surface area contributed by atoms with E-state index in [2.05, 4.69) is 20.0 Å². The van der Waals surface area contributed by atoms with Crippen molar-refractivity contribution in [2.45, 2.75) is 5.03 Å². The average molecular weight is 309 g/mol. The van der Waals surface area contributed by atoms with Crippen LogP contribution in [0.25, 0.3) is 4.96 Å². The Balaban J connectivity index is 2.11. The minimum Gasteiger partial charge on any atom is -0.371 e. The second kappa shape index (κ2) is 4.76. The lowest BCUT2D eigenvalue weighted by Gasteiger charge is -2.07. The number of pyridine rings is 1. The molecule has 7 nitrogen and oxygen atoms in total. The maximum absolute atomic E-state index is 12.5. The number of nitrogens with zero attached hydrogens (tertiary/aromatic N) is 3. The molecule has 0 atom stereocenters. The third-order valence-corrected chi connectivity index (χ3v) is 4.75. The Morgan fingerprint density at radius 2 is 2.20 bits per heavy atom. The highest BCUT2D eigenvalue weighted by Gasteiger charge is 2.25. The van der Waals surface area contributed by atoms with E-state index in [9.17, 15) is 8.42 Å². The van der Waals surface area contributed by atoms with Crippen molar-refractivity contribution in [3.05, 3.63) is 36.0 Å². The van der Waals surface area contributed by atoms with Gasteiger partial charge in [0.2, 0.25) is 5.03 Å². The Labute approximate surface area is 119 Å². The van der Waals surface area contributed by atoms with Crippen molar-refractivity contribution in [3.8, 4) is 0 Å². The molecule has 9 heteroatoms. The van der Waals surface area contributed by atoms with Gasteiger partial charge in [-0.1, -0.05) is 6.07 Å². The van der Waals surface area contributed by atoms with Crippen LogP contribution in [0.5, 0.6) is 0 Å². The van der Waals surface area contributed by atoms with Crippen LogP contribution >= 0.6 is 11.3 Å². The van der Waals surface area contributed by atoms with Crippen molar-refractivity contribution in [3.63, 3.8) is 0 Å². The summed E-state index contributed by atoms with van der Waals surface area (Å²) in [4.78, 5) is 8.80. The zero-order valence-electron chi connectivity index (χ0n) is 10.4. The first-order valence-corrected chi connectivity index (χ1v) is 8.05. The number of sulfonamides is 1. The fraction of sp³-hybridized carbons (Fsp3) is 0.0909. The van der Waals surface area contributed by atoms with Gasteiger partial charge in [0.15, 0.2) is 10.8 Å². The Morgan fingerprint density at radius 1 is 1.35 bits per heavy atom. The van der Waals surface area contributed by atoms with E-state index < -0.39 is 10.0 Å². The van der Waals surface area contributed by atoms with Crippen LogP contribution in [0.1, 0.15) is 0 Å². The number of rotatable bonds is 4. The first kappa shape index (κ1) is 12.9. The van der Waals surface area contributed by atoms with Gasteiger partial charge in [-0.3, -0.25) is 9.12 Å². The minimum atomic E-state index is -3.78. The lowest BCUT2D eigenvalue weighted by Crippen LogP contribution is -2.17. The molecule has 0 aliphatic heterocycles. The Kier molecular flexibility index (Phi) is 3.07. The number of hydrogen-bond donors (Lipinski definition) is 2. The number of nitrogens with one attached hydrogen (secondary N) is 2. The second-order valence-corrected chi connectivity index (χ2v) is 6.36. The monoisotopic (exact) mass is 309 g/mol. The van der Waals surface area contributed by atoms with Gasteiger partial charge in [-0.2, -0.15) is 8.42 Å². The number of fused-ring (bicyclic) bond motifs is 1. The van der Waals surface area contributed by atoms with Crippen molar-refractivity contribution in [1.29, 1.82) is 0 Å². The molecule has 0 bridgehead atoms. The summed E-state index contributed by atoms with van der Waals surface area (Å²) in [6.07, 6.45) is 3.19. The van der Waals surface area contributed by atoms with E-state index in [1.54, 1.807) is 36.8 Å². The standard InChI is InChI=1S/C11H11N5O2S2/c1-12-9-10(16-6-7-19-11(16)14-9)20(17,18)15-8-4-2-3-5-13-8/h2-7,12H,1H3,(H,13,15). The summed E-state index contributed by atoms with van der Waals surface area (Å²) in [5.74, 6) is 0.569. The quantitative estimate of drug-likeness (QED) is 0.765. The predicted molar refractivity (Wildman–Crippen MR) is 77.7 cm³/mol. The highest BCUT2D eigenvalue weighted by atomic mass is 32.2. The van der Waals surface area contributed by atoms with Crippen LogP contribution in [-0.2, 0) is 10.0 Å². The topological polar surface area (TPSA) is 88.4 Å². The summed E-state index contributed by atoms with van der Waals surface area (Å²) in [7, 11) is -2.15. The van der Waals surface area contributed by atoms with Crippen LogP contribution < -0.4 is 10.0 Å². The molecule has 0 spiro atoms. The molecule has 3 heterocycles. The smallest absolute Gasteiger partial charge is 0.282 e. The molecule has 2 N–H and O–H groups in total. The van der Waals surface area contributed by atoms with Crippen LogP contribution in [0.15, 0.2) is 41.0 Å². The average Bonchev–Trinajstić information content (AvgIpc) is 2.98. The molecule has 3 rings (SSSR count). The van der Waals surface area contributed by atoms with Gasteiger partial charge in [0.1, 0.15) is 5.82 Å². The fourth-order valence-corrected chi connectivity index (χ4v) is 3.87. The van der Waals surface area contributed by atoms with Crippen LogP contribution in [0, 0.1) is 0 Å². The van der Waals surface area contributed by atoms with Crippen LogP contribution in [-0.4, -0.2) is 29.8 Å². The number of anilines is 2. The molecule has 20 heavy (non-hydrogen) atoms. The molecule has 0 aromatic carbocycles. The van der Waals surface area contributed by atoms with Gasteiger partial charge in [0.05, 0.1) is 0 Å². The van der Waals surface area contributed by atoms with Gasteiger partial charge in [-0.25, -0.2) is 9.97 Å². The largest absolute Gasteiger partial charge is 0.371 e. The molecule has 3 aromatic heterocycles. The van der Waals surface area contributed by atoms with E-state index in [4.69, 9.17) is 0 Å². The molecule has 0 unspecified atom stereocenters. The maximum atomic E-state index is 12.5. The van der Waals surface area contributed by atoms with Crippen LogP contribution in [0.2, 0.25) is 0 Å². The van der Waals surface area contributed by atoms with Gasteiger partial charge in [-0.15, -0.1) is 11.3 Å². The molecular formula is C11H11N5O2S2. The Hall–Kier alpha value is -2.13. The lowest BCUT2D eigenvalue weighted by atomic mass is 10.5. The predicted octanol–water partition coefficient (Wildman–Crippen LogP) is 1.63. The molecule has 0 radical (unpaired) electrons. The first-order valence-electron chi connectivity index (χ1n) is 5.69. The van der Waals surface area contributed by atoms with E-state index in [1.165, 1.54) is 21.9 Å². The zero-order valence-corrected chi connectivity index (χ0v) is 12.1. The third-order valence-electron chi connectivity index (χ3n) is 2.61. The van der Waals surface area contributed by atoms with Crippen LogP contribution in [0.3, 0.4) is 0 Å². The normalized spacial score (nSPS) is 11.7. The van der Waals surface area contributed by atoms with Gasteiger partial charge in [0.25, 0.3) is 10.0 Å². The molecule has 0 amide bonds. The van der Waals surface area contributed by atoms with Crippen LogP contribution in [0.4, 0.5) is 11.6 Å². The molecule has 0 saturated heterocycles. The summed E-state index contributed by atoms with van der Waals surface area (Å²) < 4.78 is 29.0. The fourth-order valence-electron chi connectivity index (χ4n) is 1.79. The third kappa shape index (κ3) is 2.10. The van der Waals surface area contributed by atoms with Crippen molar-refractivity contribution in [2.75, 3.05) is 17.1 Å². The van der Waals surface area contributed by atoms with Crippen molar-refractivity contribution < 1.29 is 8.42 Å². The van der Waals surface area contributed by atoms with E-state index in [-0.39, 0.29) is 10.8 Å². The van der Waals surface area contributed by atoms with E-state index in [0.29, 0.717) is 10.8 Å². The molecule has 104 valence electrons. The van der Waals surface area contributed by atoms with Gasteiger partial charge >= 0.3 is 0 Å². The Morgan fingerprint density at radius 3 is 2.90 bits per heavy atom. The summed E-state index contributed by atoms with van der Waals surface area (Å²) in [6, 6.07) is 5.01. The second-order valence-electron chi connectivity index (χ2n) is 3.89. The van der Waals surface area contributed by atoms with E-state index >= 15 is 0 Å². The summed E-state index contributed by atoms with van der Waals surface area (Å²) >= 11 is 1.36. The number of thiazole rings is 1. The summed E-state index contributed by atoms with van der Waals surface area (Å²) in [5.41, 5.74) is 0. The van der Waals surface area contributed by atoms with Crippen molar-refractivity contribution in [1.82, 2.24) is 14.4 Å². The molecule has 0 fully saturated rings. The highest BCUT2D eigenvalue weighted by molar-refractivity contribution is 7.92. The summed E-state index contributed by atoms with van der Waals surface area (Å²) in [6.45, 7) is 0. The number of aromatic nitrogens is 3.